The van der Waals surface area contributed by atoms with Gasteiger partial charge in [0.15, 0.2) is 0 Å². The van der Waals surface area contributed by atoms with Crippen LogP contribution in [-0.2, 0) is 0 Å². The molecule has 0 aromatic carbocycles. The molecule has 3 nitrogen and oxygen atoms in total. The molecule has 0 aromatic rings. The first-order chi connectivity index (χ1) is 9.02. The minimum atomic E-state index is -0.243. The molecular formula is C16H34N2O. The average Bonchev–Trinajstić information content (AvgIpc) is 2.38. The van der Waals surface area contributed by atoms with Gasteiger partial charge in [-0.1, -0.05) is 27.2 Å². The summed E-state index contributed by atoms with van der Waals surface area (Å²) in [4.78, 5) is 2.37. The third-order valence-electron chi connectivity index (χ3n) is 4.45. The molecule has 3 heteroatoms. The van der Waals surface area contributed by atoms with Crippen LogP contribution in [0.4, 0.5) is 0 Å². The Balaban J connectivity index is 2.17. The highest BCUT2D eigenvalue weighted by Gasteiger charge is 2.23. The molecule has 0 aromatic heterocycles. The lowest BCUT2D eigenvalue weighted by atomic mass is 9.84. The van der Waals surface area contributed by atoms with Crippen molar-refractivity contribution in [3.05, 3.63) is 0 Å². The Morgan fingerprint density at radius 3 is 2.32 bits per heavy atom. The third-order valence-corrected chi connectivity index (χ3v) is 4.45. The molecule has 1 saturated carbocycles. The van der Waals surface area contributed by atoms with E-state index in [4.69, 9.17) is 0 Å². The van der Waals surface area contributed by atoms with Crippen LogP contribution in [0.25, 0.3) is 0 Å². The van der Waals surface area contributed by atoms with Gasteiger partial charge in [-0.25, -0.2) is 0 Å². The standard InChI is InChI=1S/C16H34N2O/c1-5-14-6-8-15(9-7-14)18(4)12-16(19)11-17-10-13(2)3/h13-17,19H,5-12H2,1-4H3. The van der Waals surface area contributed by atoms with E-state index in [0.717, 1.165) is 19.0 Å². The maximum Gasteiger partial charge on any atom is 0.0791 e. The Morgan fingerprint density at radius 2 is 1.79 bits per heavy atom. The molecule has 0 radical (unpaired) electrons. The first kappa shape index (κ1) is 16.9. The number of aliphatic hydroxyl groups is 1. The number of hydrogen-bond acceptors (Lipinski definition) is 3. The second-order valence-electron chi connectivity index (χ2n) is 6.73. The molecule has 0 spiro atoms. The fourth-order valence-corrected chi connectivity index (χ4v) is 3.08. The van der Waals surface area contributed by atoms with E-state index in [-0.39, 0.29) is 6.10 Å². The van der Waals surface area contributed by atoms with Crippen LogP contribution in [0.1, 0.15) is 52.9 Å². The monoisotopic (exact) mass is 270 g/mol. The van der Waals surface area contributed by atoms with Gasteiger partial charge in [0, 0.05) is 19.1 Å². The molecule has 1 aliphatic rings. The second kappa shape index (κ2) is 8.93. The summed E-state index contributed by atoms with van der Waals surface area (Å²) in [5.41, 5.74) is 0. The lowest BCUT2D eigenvalue weighted by Gasteiger charge is -2.35. The van der Waals surface area contributed by atoms with Crippen molar-refractivity contribution in [3.8, 4) is 0 Å². The van der Waals surface area contributed by atoms with Crippen LogP contribution >= 0.6 is 0 Å². The number of likely N-dealkylation sites (N-methyl/N-ethyl adjacent to an activating group) is 1. The Kier molecular flexibility index (Phi) is 7.96. The van der Waals surface area contributed by atoms with E-state index in [1.165, 1.54) is 32.1 Å². The van der Waals surface area contributed by atoms with Crippen molar-refractivity contribution in [1.29, 1.82) is 0 Å². The quantitative estimate of drug-likeness (QED) is 0.711. The van der Waals surface area contributed by atoms with Gasteiger partial charge in [-0.05, 0) is 51.1 Å². The van der Waals surface area contributed by atoms with Gasteiger partial charge in [0.25, 0.3) is 0 Å². The van der Waals surface area contributed by atoms with Gasteiger partial charge >= 0.3 is 0 Å². The third kappa shape index (κ3) is 6.73. The van der Waals surface area contributed by atoms with E-state index in [2.05, 4.69) is 38.0 Å². The minimum Gasteiger partial charge on any atom is -0.390 e. The zero-order valence-electron chi connectivity index (χ0n) is 13.4. The zero-order chi connectivity index (χ0) is 14.3. The topological polar surface area (TPSA) is 35.5 Å². The highest BCUT2D eigenvalue weighted by atomic mass is 16.3. The SMILES string of the molecule is CCC1CCC(N(C)CC(O)CNCC(C)C)CC1. The molecule has 1 aliphatic carbocycles. The fraction of sp³-hybridized carbons (Fsp3) is 1.00. The Labute approximate surface area is 119 Å². The smallest absolute Gasteiger partial charge is 0.0791 e. The second-order valence-corrected chi connectivity index (χ2v) is 6.73. The molecule has 19 heavy (non-hydrogen) atoms. The van der Waals surface area contributed by atoms with Crippen LogP contribution in [0.15, 0.2) is 0 Å². The Morgan fingerprint density at radius 1 is 1.16 bits per heavy atom. The molecule has 1 fully saturated rings. The highest BCUT2D eigenvalue weighted by Crippen LogP contribution is 2.28. The van der Waals surface area contributed by atoms with Crippen LogP contribution < -0.4 is 5.32 Å². The zero-order valence-corrected chi connectivity index (χ0v) is 13.4. The summed E-state index contributed by atoms with van der Waals surface area (Å²) in [7, 11) is 2.17. The lowest BCUT2D eigenvalue weighted by molar-refractivity contribution is 0.0832. The summed E-state index contributed by atoms with van der Waals surface area (Å²) in [6, 6.07) is 0.683. The van der Waals surface area contributed by atoms with E-state index >= 15 is 0 Å². The van der Waals surface area contributed by atoms with Gasteiger partial charge < -0.3 is 15.3 Å². The molecule has 0 aliphatic heterocycles. The summed E-state index contributed by atoms with van der Waals surface area (Å²) in [6.45, 7) is 9.19. The predicted octanol–water partition coefficient (Wildman–Crippen LogP) is 2.49. The molecule has 0 heterocycles. The first-order valence-corrected chi connectivity index (χ1v) is 8.11. The molecule has 0 bridgehead atoms. The van der Waals surface area contributed by atoms with E-state index in [1.54, 1.807) is 0 Å². The van der Waals surface area contributed by atoms with E-state index < -0.39 is 0 Å². The predicted molar refractivity (Wildman–Crippen MR) is 82.4 cm³/mol. The first-order valence-electron chi connectivity index (χ1n) is 8.11. The summed E-state index contributed by atoms with van der Waals surface area (Å²) in [5.74, 6) is 1.59. The minimum absolute atomic E-state index is 0.243. The fourth-order valence-electron chi connectivity index (χ4n) is 3.08. The number of nitrogens with one attached hydrogen (secondary N) is 1. The van der Waals surface area contributed by atoms with Crippen molar-refractivity contribution < 1.29 is 5.11 Å². The van der Waals surface area contributed by atoms with E-state index in [1.807, 2.05) is 0 Å². The molecule has 114 valence electrons. The molecule has 1 unspecified atom stereocenters. The normalized spacial score (nSPS) is 26.1. The van der Waals surface area contributed by atoms with Gasteiger partial charge in [-0.3, -0.25) is 0 Å². The maximum atomic E-state index is 10.1. The van der Waals surface area contributed by atoms with Crippen LogP contribution in [0.5, 0.6) is 0 Å². The maximum absolute atomic E-state index is 10.1. The highest BCUT2D eigenvalue weighted by molar-refractivity contribution is 4.79. The van der Waals surface area contributed by atoms with Crippen LogP contribution in [-0.4, -0.2) is 48.8 Å². The van der Waals surface area contributed by atoms with E-state index in [9.17, 15) is 5.11 Å². The Hall–Kier alpha value is -0.120. The molecule has 1 atom stereocenters. The van der Waals surface area contributed by atoms with Gasteiger partial charge in [-0.15, -0.1) is 0 Å². The molecular weight excluding hydrogens is 236 g/mol. The summed E-state index contributed by atoms with van der Waals surface area (Å²) < 4.78 is 0. The van der Waals surface area contributed by atoms with Gasteiger partial charge in [0.05, 0.1) is 6.10 Å². The molecule has 0 amide bonds. The van der Waals surface area contributed by atoms with Crippen LogP contribution in [0, 0.1) is 11.8 Å². The number of nitrogens with zero attached hydrogens (tertiary/aromatic N) is 1. The largest absolute Gasteiger partial charge is 0.390 e. The van der Waals surface area contributed by atoms with Gasteiger partial charge in [0.1, 0.15) is 0 Å². The van der Waals surface area contributed by atoms with Crippen LogP contribution in [0.2, 0.25) is 0 Å². The van der Waals surface area contributed by atoms with Gasteiger partial charge in [-0.2, -0.15) is 0 Å². The summed E-state index contributed by atoms with van der Waals surface area (Å²) >= 11 is 0. The van der Waals surface area contributed by atoms with Gasteiger partial charge in [0.2, 0.25) is 0 Å². The number of rotatable bonds is 8. The molecule has 2 N–H and O–H groups in total. The average molecular weight is 270 g/mol. The van der Waals surface area contributed by atoms with Crippen molar-refractivity contribution >= 4 is 0 Å². The Bertz CT molecular complexity index is 225. The van der Waals surface area contributed by atoms with Crippen molar-refractivity contribution in [2.24, 2.45) is 11.8 Å². The summed E-state index contributed by atoms with van der Waals surface area (Å²) in [6.07, 6.45) is 6.44. The van der Waals surface area contributed by atoms with Crippen molar-refractivity contribution in [2.45, 2.75) is 65.0 Å². The summed E-state index contributed by atoms with van der Waals surface area (Å²) in [5, 5.41) is 13.4. The van der Waals surface area contributed by atoms with Crippen molar-refractivity contribution in [2.75, 3.05) is 26.7 Å². The van der Waals surface area contributed by atoms with Crippen molar-refractivity contribution in [1.82, 2.24) is 10.2 Å². The van der Waals surface area contributed by atoms with Crippen molar-refractivity contribution in [3.63, 3.8) is 0 Å². The van der Waals surface area contributed by atoms with E-state index in [0.29, 0.717) is 18.5 Å². The molecule has 1 rings (SSSR count). The molecule has 0 saturated heterocycles. The number of hydrogen-bond donors (Lipinski definition) is 2. The number of aliphatic hydroxyl groups excluding tert-OH is 1. The van der Waals surface area contributed by atoms with Crippen LogP contribution in [0.3, 0.4) is 0 Å². The lowest BCUT2D eigenvalue weighted by Crippen LogP contribution is -2.43.